The highest BCUT2D eigenvalue weighted by Crippen LogP contribution is 2.32. The number of aromatic carboxylic acids is 1. The Morgan fingerprint density at radius 2 is 1.79 bits per heavy atom. The fourth-order valence-corrected chi connectivity index (χ4v) is 4.26. The van der Waals surface area contributed by atoms with E-state index >= 15 is 0 Å². The monoisotopic (exact) mass is 475 g/mol. The van der Waals surface area contributed by atoms with Crippen LogP contribution in [0.1, 0.15) is 28.9 Å². The summed E-state index contributed by atoms with van der Waals surface area (Å²) in [5.41, 5.74) is 2.86. The van der Waals surface area contributed by atoms with Crippen LogP contribution in [0.15, 0.2) is 78.9 Å². The molecule has 2 N–H and O–H groups in total. The zero-order chi connectivity index (χ0) is 24.1. The molecule has 0 aliphatic rings. The van der Waals surface area contributed by atoms with E-state index < -0.39 is 5.97 Å². The molecule has 0 radical (unpaired) electrons. The molecule has 4 aromatic carbocycles. The number of nitrogens with one attached hydrogen (secondary N) is 1. The Morgan fingerprint density at radius 3 is 2.56 bits per heavy atom. The standard InChI is InChI=1S/C28H26ClNO4/c1-18(24-9-5-7-19-6-3-4-8-25(19)24)30-12-13-34-23-15-21(14-22(16-23)28(31)32)20-10-11-27(33-2)26(29)17-20/h3-11,14-18,30H,12-13H2,1-2H3,(H,31,32). The van der Waals surface area contributed by atoms with Gasteiger partial charge in [0, 0.05) is 12.6 Å². The van der Waals surface area contributed by atoms with Crippen LogP contribution in [0.5, 0.6) is 11.5 Å². The zero-order valence-corrected chi connectivity index (χ0v) is 19.8. The molecule has 0 aromatic heterocycles. The van der Waals surface area contributed by atoms with Crippen molar-refractivity contribution < 1.29 is 19.4 Å². The predicted molar refractivity (Wildman–Crippen MR) is 136 cm³/mol. The molecule has 0 aliphatic carbocycles. The van der Waals surface area contributed by atoms with Crippen LogP contribution in [0.4, 0.5) is 0 Å². The molecule has 5 nitrogen and oxygen atoms in total. The van der Waals surface area contributed by atoms with Crippen LogP contribution in [-0.4, -0.2) is 31.3 Å². The number of fused-ring (bicyclic) bond motifs is 1. The lowest BCUT2D eigenvalue weighted by Gasteiger charge is -2.17. The number of carboxylic acids is 1. The Balaban J connectivity index is 1.45. The summed E-state index contributed by atoms with van der Waals surface area (Å²) in [6, 6.07) is 25.1. The number of hydrogen-bond donors (Lipinski definition) is 2. The first-order valence-corrected chi connectivity index (χ1v) is 11.4. The number of halogens is 1. The van der Waals surface area contributed by atoms with Crippen molar-refractivity contribution in [3.63, 3.8) is 0 Å². The van der Waals surface area contributed by atoms with Gasteiger partial charge in [0.05, 0.1) is 17.7 Å². The number of methoxy groups -OCH3 is 1. The number of hydrogen-bond acceptors (Lipinski definition) is 4. The Morgan fingerprint density at radius 1 is 1.00 bits per heavy atom. The zero-order valence-electron chi connectivity index (χ0n) is 19.0. The molecular weight excluding hydrogens is 450 g/mol. The van der Waals surface area contributed by atoms with Crippen molar-refractivity contribution in [2.24, 2.45) is 0 Å². The lowest BCUT2D eigenvalue weighted by atomic mass is 10.00. The topological polar surface area (TPSA) is 67.8 Å². The van der Waals surface area contributed by atoms with E-state index in [0.29, 0.717) is 35.2 Å². The maximum atomic E-state index is 11.7. The van der Waals surface area contributed by atoms with E-state index in [1.165, 1.54) is 22.4 Å². The molecule has 0 bridgehead atoms. The summed E-state index contributed by atoms with van der Waals surface area (Å²) >= 11 is 6.26. The smallest absolute Gasteiger partial charge is 0.335 e. The number of carboxylic acid groups (broad SMARTS) is 1. The van der Waals surface area contributed by atoms with Crippen LogP contribution in [0.25, 0.3) is 21.9 Å². The lowest BCUT2D eigenvalue weighted by molar-refractivity contribution is 0.0696. The van der Waals surface area contributed by atoms with Crippen molar-refractivity contribution in [2.75, 3.05) is 20.3 Å². The number of carbonyl (C=O) groups is 1. The fourth-order valence-electron chi connectivity index (χ4n) is 4.00. The molecular formula is C28H26ClNO4. The van der Waals surface area contributed by atoms with Gasteiger partial charge in [-0.3, -0.25) is 0 Å². The third-order valence-electron chi connectivity index (χ3n) is 5.75. The molecule has 34 heavy (non-hydrogen) atoms. The second-order valence-electron chi connectivity index (χ2n) is 7.99. The first kappa shape index (κ1) is 23.6. The quantitative estimate of drug-likeness (QED) is 0.267. The first-order valence-electron chi connectivity index (χ1n) is 11.0. The third kappa shape index (κ3) is 5.33. The molecule has 4 aromatic rings. The molecule has 1 atom stereocenters. The highest BCUT2D eigenvalue weighted by molar-refractivity contribution is 6.32. The van der Waals surface area contributed by atoms with Crippen LogP contribution in [0.2, 0.25) is 5.02 Å². The van der Waals surface area contributed by atoms with E-state index in [9.17, 15) is 9.90 Å². The summed E-state index contributed by atoms with van der Waals surface area (Å²) in [4.78, 5) is 11.7. The predicted octanol–water partition coefficient (Wildman–Crippen LogP) is 6.60. The van der Waals surface area contributed by atoms with E-state index in [1.54, 1.807) is 25.3 Å². The van der Waals surface area contributed by atoms with Crippen molar-refractivity contribution in [3.05, 3.63) is 95.0 Å². The summed E-state index contributed by atoms with van der Waals surface area (Å²) in [5.74, 6) is 0.0261. The van der Waals surface area contributed by atoms with Gasteiger partial charge >= 0.3 is 5.97 Å². The van der Waals surface area contributed by atoms with E-state index in [0.717, 1.165) is 5.56 Å². The number of rotatable bonds is 9. The van der Waals surface area contributed by atoms with Gasteiger partial charge < -0.3 is 19.9 Å². The highest BCUT2D eigenvalue weighted by Gasteiger charge is 2.12. The molecule has 1 unspecified atom stereocenters. The van der Waals surface area contributed by atoms with E-state index in [2.05, 4.69) is 42.6 Å². The van der Waals surface area contributed by atoms with Gasteiger partial charge in [-0.15, -0.1) is 0 Å². The molecule has 0 amide bonds. The molecule has 0 aliphatic heterocycles. The third-order valence-corrected chi connectivity index (χ3v) is 6.05. The molecule has 0 heterocycles. The van der Waals surface area contributed by atoms with Crippen LogP contribution in [0, 0.1) is 0 Å². The summed E-state index contributed by atoms with van der Waals surface area (Å²) in [5, 5.41) is 15.9. The summed E-state index contributed by atoms with van der Waals surface area (Å²) < 4.78 is 11.1. The van der Waals surface area contributed by atoms with Crippen LogP contribution in [0.3, 0.4) is 0 Å². The maximum absolute atomic E-state index is 11.7. The number of benzene rings is 4. The van der Waals surface area contributed by atoms with E-state index in [4.69, 9.17) is 21.1 Å². The Kier molecular flexibility index (Phi) is 7.36. The van der Waals surface area contributed by atoms with Gasteiger partial charge in [-0.1, -0.05) is 60.1 Å². The first-order chi connectivity index (χ1) is 16.5. The van der Waals surface area contributed by atoms with Gasteiger partial charge in [0.1, 0.15) is 18.1 Å². The lowest BCUT2D eigenvalue weighted by Crippen LogP contribution is -2.24. The minimum Gasteiger partial charge on any atom is -0.495 e. The second kappa shape index (κ2) is 10.6. The Hall–Kier alpha value is -3.54. The summed E-state index contributed by atoms with van der Waals surface area (Å²) in [7, 11) is 1.55. The Bertz CT molecular complexity index is 1320. The van der Waals surface area contributed by atoms with Crippen molar-refractivity contribution in [1.29, 1.82) is 0 Å². The Labute approximate surface area is 203 Å². The minimum absolute atomic E-state index is 0.136. The van der Waals surface area contributed by atoms with Crippen molar-refractivity contribution in [3.8, 4) is 22.6 Å². The molecule has 174 valence electrons. The summed E-state index contributed by atoms with van der Waals surface area (Å²) in [6.45, 7) is 3.12. The molecule has 0 fully saturated rings. The van der Waals surface area contributed by atoms with Gasteiger partial charge in [-0.25, -0.2) is 4.79 Å². The SMILES string of the molecule is COc1ccc(-c2cc(OCCNC(C)c3cccc4ccccc34)cc(C(=O)O)c2)cc1Cl. The van der Waals surface area contributed by atoms with Gasteiger partial charge in [0.15, 0.2) is 0 Å². The average Bonchev–Trinajstić information content (AvgIpc) is 2.85. The molecule has 4 rings (SSSR count). The average molecular weight is 476 g/mol. The second-order valence-corrected chi connectivity index (χ2v) is 8.40. The van der Waals surface area contributed by atoms with Crippen molar-refractivity contribution in [1.82, 2.24) is 5.32 Å². The molecule has 0 saturated heterocycles. The maximum Gasteiger partial charge on any atom is 0.335 e. The van der Waals surface area contributed by atoms with Crippen molar-refractivity contribution >= 4 is 28.3 Å². The van der Waals surface area contributed by atoms with Gasteiger partial charge in [-0.05, 0) is 64.7 Å². The normalized spacial score (nSPS) is 11.9. The van der Waals surface area contributed by atoms with E-state index in [-0.39, 0.29) is 11.6 Å². The van der Waals surface area contributed by atoms with Crippen LogP contribution in [-0.2, 0) is 0 Å². The largest absolute Gasteiger partial charge is 0.495 e. The van der Waals surface area contributed by atoms with Crippen LogP contribution >= 0.6 is 11.6 Å². The number of ether oxygens (including phenoxy) is 2. The van der Waals surface area contributed by atoms with Crippen LogP contribution < -0.4 is 14.8 Å². The molecule has 6 heteroatoms. The fraction of sp³-hybridized carbons (Fsp3) is 0.179. The van der Waals surface area contributed by atoms with Crippen molar-refractivity contribution in [2.45, 2.75) is 13.0 Å². The van der Waals surface area contributed by atoms with E-state index in [1.807, 2.05) is 24.3 Å². The van der Waals surface area contributed by atoms with Gasteiger partial charge in [0.25, 0.3) is 0 Å². The molecule has 0 spiro atoms. The molecule has 0 saturated carbocycles. The van der Waals surface area contributed by atoms with Gasteiger partial charge in [-0.2, -0.15) is 0 Å². The summed E-state index contributed by atoms with van der Waals surface area (Å²) in [6.07, 6.45) is 0. The minimum atomic E-state index is -1.02. The van der Waals surface area contributed by atoms with Gasteiger partial charge in [0.2, 0.25) is 0 Å². The highest BCUT2D eigenvalue weighted by atomic mass is 35.5.